The van der Waals surface area contributed by atoms with Crippen LogP contribution in [0.3, 0.4) is 0 Å². The van der Waals surface area contributed by atoms with E-state index in [9.17, 15) is 4.79 Å². The van der Waals surface area contributed by atoms with E-state index in [1.54, 1.807) is 30.2 Å². The van der Waals surface area contributed by atoms with Crippen molar-refractivity contribution >= 4 is 29.3 Å². The zero-order valence-electron chi connectivity index (χ0n) is 14.2. The molecule has 6 nitrogen and oxygen atoms in total. The fraction of sp³-hybridized carbons (Fsp3) is 0.438. The molecule has 0 saturated heterocycles. The van der Waals surface area contributed by atoms with Crippen molar-refractivity contribution in [3.63, 3.8) is 0 Å². The summed E-state index contributed by atoms with van der Waals surface area (Å²) in [5, 5.41) is 7.91. The highest BCUT2D eigenvalue weighted by Crippen LogP contribution is 2.31. The van der Waals surface area contributed by atoms with E-state index in [1.165, 1.54) is 11.8 Å². The molecule has 1 unspecified atom stereocenters. The summed E-state index contributed by atoms with van der Waals surface area (Å²) in [6.07, 6.45) is 0. The highest BCUT2D eigenvalue weighted by atomic mass is 35.5. The van der Waals surface area contributed by atoms with Crippen LogP contribution in [0.15, 0.2) is 23.4 Å². The van der Waals surface area contributed by atoms with Gasteiger partial charge in [0.25, 0.3) is 0 Å². The van der Waals surface area contributed by atoms with E-state index in [2.05, 4.69) is 15.2 Å². The highest BCUT2D eigenvalue weighted by Gasteiger charge is 2.21. The maximum absolute atomic E-state index is 12.3. The summed E-state index contributed by atoms with van der Waals surface area (Å²) >= 11 is 7.38. The van der Waals surface area contributed by atoms with Gasteiger partial charge in [0.1, 0.15) is 5.75 Å². The topological polar surface area (TPSA) is 71.1 Å². The van der Waals surface area contributed by atoms with Crippen LogP contribution in [0.1, 0.15) is 20.8 Å². The van der Waals surface area contributed by atoms with Gasteiger partial charge in [-0.15, -0.1) is 5.10 Å². The molecule has 0 aliphatic carbocycles. The third-order valence-corrected chi connectivity index (χ3v) is 4.77. The summed E-state index contributed by atoms with van der Waals surface area (Å²) in [4.78, 5) is 18.6. The Morgan fingerprint density at radius 2 is 2.12 bits per heavy atom. The van der Waals surface area contributed by atoms with Crippen molar-refractivity contribution in [1.29, 1.82) is 0 Å². The molecule has 24 heavy (non-hydrogen) atoms. The number of hydrogen-bond acceptors (Lipinski definition) is 5. The molecule has 0 aliphatic rings. The van der Waals surface area contributed by atoms with Gasteiger partial charge in [-0.3, -0.25) is 9.89 Å². The summed E-state index contributed by atoms with van der Waals surface area (Å²) in [5.74, 6) is 1.29. The number of rotatable bonds is 7. The second kappa shape index (κ2) is 8.39. The molecule has 1 heterocycles. The molecule has 1 aromatic carbocycles. The van der Waals surface area contributed by atoms with Gasteiger partial charge >= 0.3 is 0 Å². The lowest BCUT2D eigenvalue weighted by molar-refractivity contribution is -0.129. The number of halogens is 1. The van der Waals surface area contributed by atoms with Gasteiger partial charge in [-0.25, -0.2) is 4.98 Å². The Labute approximate surface area is 150 Å². The first-order valence-electron chi connectivity index (χ1n) is 7.71. The van der Waals surface area contributed by atoms with Crippen LogP contribution < -0.4 is 4.74 Å². The molecule has 0 radical (unpaired) electrons. The summed E-state index contributed by atoms with van der Waals surface area (Å²) in [6.45, 7) is 7.18. The Hall–Kier alpha value is -1.73. The van der Waals surface area contributed by atoms with E-state index in [0.717, 1.165) is 5.56 Å². The maximum Gasteiger partial charge on any atom is 0.235 e. The lowest BCUT2D eigenvalue weighted by Gasteiger charge is -2.21. The van der Waals surface area contributed by atoms with Gasteiger partial charge in [-0.05, 0) is 39.0 Å². The molecule has 0 bridgehead atoms. The van der Waals surface area contributed by atoms with Gasteiger partial charge in [-0.1, -0.05) is 23.4 Å². The van der Waals surface area contributed by atoms with Crippen molar-refractivity contribution in [2.24, 2.45) is 0 Å². The fourth-order valence-corrected chi connectivity index (χ4v) is 3.27. The summed E-state index contributed by atoms with van der Waals surface area (Å²) in [5.41, 5.74) is 0.729. The van der Waals surface area contributed by atoms with Crippen molar-refractivity contribution in [3.05, 3.63) is 23.2 Å². The Balaban J connectivity index is 2.17. The second-order valence-corrected chi connectivity index (χ2v) is 6.83. The van der Waals surface area contributed by atoms with E-state index < -0.39 is 0 Å². The lowest BCUT2D eigenvalue weighted by Crippen LogP contribution is -2.36. The summed E-state index contributed by atoms with van der Waals surface area (Å²) < 4.78 is 5.33. The molecule has 1 atom stereocenters. The standard InChI is InChI=1S/C16H21ClN4O2S/c1-5-21(6-2)15(22)10(3)24-16-18-14(19-20-16)12-9-11(17)7-8-13(12)23-4/h7-10H,5-6H2,1-4H3,(H,18,19,20). The van der Waals surface area contributed by atoms with Crippen LogP contribution in [0.25, 0.3) is 11.4 Å². The van der Waals surface area contributed by atoms with E-state index in [4.69, 9.17) is 16.3 Å². The van der Waals surface area contributed by atoms with Gasteiger partial charge in [-0.2, -0.15) is 0 Å². The predicted molar refractivity (Wildman–Crippen MR) is 96.6 cm³/mol. The molecule has 130 valence electrons. The number of hydrogen-bond donors (Lipinski definition) is 1. The average Bonchev–Trinajstić information content (AvgIpc) is 3.04. The van der Waals surface area contributed by atoms with Crippen LogP contribution in [-0.4, -0.2) is 51.4 Å². The molecule has 0 fully saturated rings. The molecule has 1 aromatic heterocycles. The van der Waals surface area contributed by atoms with Gasteiger partial charge in [0.15, 0.2) is 5.82 Å². The number of benzene rings is 1. The van der Waals surface area contributed by atoms with Crippen molar-refractivity contribution in [2.45, 2.75) is 31.2 Å². The normalized spacial score (nSPS) is 12.0. The Morgan fingerprint density at radius 3 is 2.75 bits per heavy atom. The number of amides is 1. The Bertz CT molecular complexity index is 703. The van der Waals surface area contributed by atoms with E-state index >= 15 is 0 Å². The maximum atomic E-state index is 12.3. The Morgan fingerprint density at radius 1 is 1.42 bits per heavy atom. The van der Waals surface area contributed by atoms with Crippen molar-refractivity contribution < 1.29 is 9.53 Å². The lowest BCUT2D eigenvalue weighted by atomic mass is 10.2. The van der Waals surface area contributed by atoms with Gasteiger partial charge in [0.2, 0.25) is 11.1 Å². The van der Waals surface area contributed by atoms with Crippen LogP contribution in [0, 0.1) is 0 Å². The zero-order valence-corrected chi connectivity index (χ0v) is 15.7. The smallest absolute Gasteiger partial charge is 0.235 e. The molecule has 8 heteroatoms. The van der Waals surface area contributed by atoms with Gasteiger partial charge in [0, 0.05) is 18.1 Å². The van der Waals surface area contributed by atoms with Crippen molar-refractivity contribution in [3.8, 4) is 17.1 Å². The number of carbonyl (C=O) groups is 1. The van der Waals surface area contributed by atoms with Crippen molar-refractivity contribution in [2.75, 3.05) is 20.2 Å². The van der Waals surface area contributed by atoms with Gasteiger partial charge in [0.05, 0.1) is 17.9 Å². The molecular formula is C16H21ClN4O2S. The number of methoxy groups -OCH3 is 1. The first-order valence-corrected chi connectivity index (χ1v) is 8.97. The molecular weight excluding hydrogens is 348 g/mol. The number of H-pyrrole nitrogens is 1. The summed E-state index contributed by atoms with van der Waals surface area (Å²) in [7, 11) is 1.59. The Kier molecular flexibility index (Phi) is 6.51. The predicted octanol–water partition coefficient (Wildman–Crippen LogP) is 3.48. The number of thioether (sulfide) groups is 1. The molecule has 0 spiro atoms. The van der Waals surface area contributed by atoms with Gasteiger partial charge < -0.3 is 9.64 Å². The van der Waals surface area contributed by atoms with Crippen LogP contribution in [-0.2, 0) is 4.79 Å². The van der Waals surface area contributed by atoms with E-state index in [0.29, 0.717) is 34.8 Å². The van der Waals surface area contributed by atoms with Crippen molar-refractivity contribution in [1.82, 2.24) is 20.1 Å². The van der Waals surface area contributed by atoms with E-state index in [-0.39, 0.29) is 11.2 Å². The van der Waals surface area contributed by atoms with Crippen LogP contribution in [0.5, 0.6) is 5.75 Å². The van der Waals surface area contributed by atoms with Crippen LogP contribution in [0.2, 0.25) is 5.02 Å². The third kappa shape index (κ3) is 4.21. The molecule has 1 amide bonds. The molecule has 2 rings (SSSR count). The number of carbonyl (C=O) groups excluding carboxylic acids is 1. The first kappa shape index (κ1) is 18.6. The third-order valence-electron chi connectivity index (χ3n) is 3.59. The number of aromatic nitrogens is 3. The quantitative estimate of drug-likeness (QED) is 0.757. The fourth-order valence-electron chi connectivity index (χ4n) is 2.29. The first-order chi connectivity index (χ1) is 11.5. The number of ether oxygens (including phenoxy) is 1. The number of aromatic amines is 1. The molecule has 1 N–H and O–H groups in total. The number of nitrogens with zero attached hydrogens (tertiary/aromatic N) is 3. The number of nitrogens with one attached hydrogen (secondary N) is 1. The summed E-state index contributed by atoms with van der Waals surface area (Å²) in [6, 6.07) is 5.29. The molecule has 0 aliphatic heterocycles. The SMILES string of the molecule is CCN(CC)C(=O)C(C)Sc1n[nH]c(-c2cc(Cl)ccc2OC)n1. The minimum absolute atomic E-state index is 0.0803. The largest absolute Gasteiger partial charge is 0.496 e. The highest BCUT2D eigenvalue weighted by molar-refractivity contribution is 8.00. The van der Waals surface area contributed by atoms with E-state index in [1.807, 2.05) is 20.8 Å². The van der Waals surface area contributed by atoms with Crippen LogP contribution >= 0.6 is 23.4 Å². The molecule has 2 aromatic rings. The second-order valence-electron chi connectivity index (χ2n) is 5.08. The molecule has 0 saturated carbocycles. The minimum atomic E-state index is -0.255. The zero-order chi connectivity index (χ0) is 17.7. The average molecular weight is 369 g/mol. The minimum Gasteiger partial charge on any atom is -0.496 e. The van der Waals surface area contributed by atoms with Crippen LogP contribution in [0.4, 0.5) is 0 Å². The monoisotopic (exact) mass is 368 g/mol.